The van der Waals surface area contributed by atoms with Crippen LogP contribution in [0.5, 0.6) is 0 Å². The minimum Gasteiger partial charge on any atom is -0.368 e. The summed E-state index contributed by atoms with van der Waals surface area (Å²) in [5, 5.41) is 13.3. The van der Waals surface area contributed by atoms with Crippen molar-refractivity contribution in [1.82, 2.24) is 0 Å². The van der Waals surface area contributed by atoms with E-state index in [0.29, 0.717) is 18.7 Å². The summed E-state index contributed by atoms with van der Waals surface area (Å²) in [6.07, 6.45) is 1.04. The predicted octanol–water partition coefficient (Wildman–Crippen LogP) is 2.37. The third kappa shape index (κ3) is 2.77. The van der Waals surface area contributed by atoms with Crippen LogP contribution in [-0.2, 0) is 9.53 Å². The van der Waals surface area contributed by atoms with Gasteiger partial charge in [0.1, 0.15) is 11.1 Å². The molecule has 1 saturated heterocycles. The van der Waals surface area contributed by atoms with Crippen molar-refractivity contribution >= 4 is 28.9 Å². The molecule has 0 aliphatic carbocycles. The number of nitrogens with zero attached hydrogens (tertiary/aromatic N) is 1. The molecule has 1 N–H and O–H groups in total. The molecule has 1 aromatic carbocycles. The van der Waals surface area contributed by atoms with Gasteiger partial charge in [0, 0.05) is 18.4 Å². The normalized spacial score (nSPS) is 18.6. The zero-order valence-corrected chi connectivity index (χ0v) is 10.1. The van der Waals surface area contributed by atoms with Crippen molar-refractivity contribution in [1.29, 1.82) is 0 Å². The van der Waals surface area contributed by atoms with Gasteiger partial charge in [-0.05, 0) is 25.0 Å². The van der Waals surface area contributed by atoms with Gasteiger partial charge in [0.05, 0.1) is 4.92 Å². The van der Waals surface area contributed by atoms with Crippen molar-refractivity contribution in [2.75, 3.05) is 11.9 Å². The van der Waals surface area contributed by atoms with Gasteiger partial charge in [-0.25, -0.2) is 0 Å². The first kappa shape index (κ1) is 12.8. The van der Waals surface area contributed by atoms with Gasteiger partial charge < -0.3 is 10.1 Å². The van der Waals surface area contributed by atoms with E-state index in [0.717, 1.165) is 6.42 Å². The lowest BCUT2D eigenvalue weighted by molar-refractivity contribution is -0.384. The lowest BCUT2D eigenvalue weighted by Crippen LogP contribution is -2.26. The largest absolute Gasteiger partial charge is 0.368 e. The number of rotatable bonds is 3. The summed E-state index contributed by atoms with van der Waals surface area (Å²) >= 11 is 5.68. The van der Waals surface area contributed by atoms with Gasteiger partial charge in [0.2, 0.25) is 0 Å². The molecule has 1 unspecified atom stereocenters. The zero-order chi connectivity index (χ0) is 13.1. The average Bonchev–Trinajstić information content (AvgIpc) is 2.85. The van der Waals surface area contributed by atoms with Crippen molar-refractivity contribution < 1.29 is 14.5 Å². The van der Waals surface area contributed by atoms with E-state index in [4.69, 9.17) is 16.3 Å². The second-order valence-electron chi connectivity index (χ2n) is 3.91. The molecule has 1 aliphatic heterocycles. The van der Waals surface area contributed by atoms with Crippen LogP contribution in [0.2, 0.25) is 5.02 Å². The topological polar surface area (TPSA) is 81.5 Å². The summed E-state index contributed by atoms with van der Waals surface area (Å²) in [5.74, 6) is -0.288. The molecule has 1 heterocycles. The van der Waals surface area contributed by atoms with Crippen LogP contribution in [0.3, 0.4) is 0 Å². The highest BCUT2D eigenvalue weighted by molar-refractivity contribution is 6.32. The molecule has 1 fully saturated rings. The summed E-state index contributed by atoms with van der Waals surface area (Å²) < 4.78 is 5.22. The van der Waals surface area contributed by atoms with Crippen molar-refractivity contribution in [3.8, 4) is 0 Å². The lowest BCUT2D eigenvalue weighted by Gasteiger charge is -2.10. The third-order valence-electron chi connectivity index (χ3n) is 2.63. The fourth-order valence-corrected chi connectivity index (χ4v) is 1.92. The molecule has 0 bridgehead atoms. The molecule has 1 aliphatic rings. The van der Waals surface area contributed by atoms with Crippen molar-refractivity contribution in [2.24, 2.45) is 0 Å². The Hall–Kier alpha value is -1.66. The second-order valence-corrected chi connectivity index (χ2v) is 4.32. The van der Waals surface area contributed by atoms with Crippen LogP contribution < -0.4 is 5.32 Å². The van der Waals surface area contributed by atoms with Gasteiger partial charge in [-0.3, -0.25) is 14.9 Å². The first-order valence-corrected chi connectivity index (χ1v) is 5.82. The standard InChI is InChI=1S/C11H11ClN2O4/c12-8-4-3-7(6-9(8)14(16)17)13-11(15)10-2-1-5-18-10/h3-4,6,10H,1-2,5H2,(H,13,15). The maximum absolute atomic E-state index is 11.7. The molecule has 6 nitrogen and oxygen atoms in total. The third-order valence-corrected chi connectivity index (χ3v) is 2.95. The Kier molecular flexibility index (Phi) is 3.78. The van der Waals surface area contributed by atoms with Crippen LogP contribution >= 0.6 is 11.6 Å². The van der Waals surface area contributed by atoms with Crippen LogP contribution in [0.15, 0.2) is 18.2 Å². The molecule has 0 saturated carbocycles. The first-order valence-electron chi connectivity index (χ1n) is 5.44. The number of halogens is 1. The highest BCUT2D eigenvalue weighted by Gasteiger charge is 2.24. The fourth-order valence-electron chi connectivity index (χ4n) is 1.74. The molecule has 18 heavy (non-hydrogen) atoms. The molecule has 1 amide bonds. The van der Waals surface area contributed by atoms with E-state index < -0.39 is 11.0 Å². The molecule has 96 valence electrons. The molecule has 1 atom stereocenters. The lowest BCUT2D eigenvalue weighted by atomic mass is 10.2. The van der Waals surface area contributed by atoms with E-state index >= 15 is 0 Å². The van der Waals surface area contributed by atoms with Crippen LogP contribution in [0.4, 0.5) is 11.4 Å². The van der Waals surface area contributed by atoms with Gasteiger partial charge in [-0.15, -0.1) is 0 Å². The van der Waals surface area contributed by atoms with E-state index in [9.17, 15) is 14.9 Å². The van der Waals surface area contributed by atoms with Gasteiger partial charge in [0.25, 0.3) is 11.6 Å². The number of nitro groups is 1. The van der Waals surface area contributed by atoms with Gasteiger partial charge >= 0.3 is 0 Å². The number of hydrogen-bond acceptors (Lipinski definition) is 4. The quantitative estimate of drug-likeness (QED) is 0.675. The van der Waals surface area contributed by atoms with E-state index in [1.807, 2.05) is 0 Å². The Labute approximate surface area is 108 Å². The minimum atomic E-state index is -0.593. The van der Waals surface area contributed by atoms with E-state index in [1.54, 1.807) is 0 Å². The van der Waals surface area contributed by atoms with E-state index in [-0.39, 0.29) is 16.6 Å². The van der Waals surface area contributed by atoms with Gasteiger partial charge in [0.15, 0.2) is 0 Å². The molecule has 0 radical (unpaired) electrons. The molecule has 7 heteroatoms. The predicted molar refractivity (Wildman–Crippen MR) is 65.7 cm³/mol. The zero-order valence-electron chi connectivity index (χ0n) is 9.39. The number of hydrogen-bond donors (Lipinski definition) is 1. The van der Waals surface area contributed by atoms with Crippen LogP contribution in [0.1, 0.15) is 12.8 Å². The molecule has 0 aromatic heterocycles. The van der Waals surface area contributed by atoms with E-state index in [1.165, 1.54) is 18.2 Å². The van der Waals surface area contributed by atoms with Crippen LogP contribution in [0.25, 0.3) is 0 Å². The number of nitro benzene ring substituents is 1. The Bertz CT molecular complexity index is 486. The number of nitrogens with one attached hydrogen (secondary N) is 1. The molecule has 0 spiro atoms. The Morgan fingerprint density at radius 2 is 2.33 bits per heavy atom. The van der Waals surface area contributed by atoms with Crippen molar-refractivity contribution in [3.63, 3.8) is 0 Å². The smallest absolute Gasteiger partial charge is 0.289 e. The number of benzene rings is 1. The summed E-state index contributed by atoms with van der Waals surface area (Å²) in [6, 6.07) is 4.13. The second kappa shape index (κ2) is 5.32. The number of amides is 1. The van der Waals surface area contributed by atoms with Crippen molar-refractivity contribution in [2.45, 2.75) is 18.9 Å². The Balaban J connectivity index is 2.11. The Morgan fingerprint density at radius 1 is 1.56 bits per heavy atom. The maximum atomic E-state index is 11.7. The average molecular weight is 271 g/mol. The van der Waals surface area contributed by atoms with Crippen molar-refractivity contribution in [3.05, 3.63) is 33.3 Å². The molecule has 1 aromatic rings. The Morgan fingerprint density at radius 3 is 2.94 bits per heavy atom. The van der Waals surface area contributed by atoms with Gasteiger partial charge in [-0.1, -0.05) is 11.6 Å². The molecular formula is C11H11ClN2O4. The van der Waals surface area contributed by atoms with E-state index in [2.05, 4.69) is 5.32 Å². The summed E-state index contributed by atoms with van der Waals surface area (Å²) in [5.41, 5.74) is 0.105. The number of carbonyl (C=O) groups is 1. The van der Waals surface area contributed by atoms with Gasteiger partial charge in [-0.2, -0.15) is 0 Å². The molecule has 2 rings (SSSR count). The van der Waals surface area contributed by atoms with Crippen LogP contribution in [0, 0.1) is 10.1 Å². The summed E-state index contributed by atoms with van der Waals surface area (Å²) in [4.78, 5) is 21.8. The summed E-state index contributed by atoms with van der Waals surface area (Å²) in [7, 11) is 0. The highest BCUT2D eigenvalue weighted by Crippen LogP contribution is 2.27. The number of carbonyl (C=O) groups excluding carboxylic acids is 1. The highest BCUT2D eigenvalue weighted by atomic mass is 35.5. The monoisotopic (exact) mass is 270 g/mol. The number of ether oxygens (including phenoxy) is 1. The minimum absolute atomic E-state index is 0.0371. The SMILES string of the molecule is O=C(Nc1ccc(Cl)c([N+](=O)[O-])c1)C1CCCO1. The number of anilines is 1. The first-order chi connectivity index (χ1) is 8.58. The molecular weight excluding hydrogens is 260 g/mol. The van der Waals surface area contributed by atoms with Crippen LogP contribution in [-0.4, -0.2) is 23.5 Å². The maximum Gasteiger partial charge on any atom is 0.289 e. The summed E-state index contributed by atoms with van der Waals surface area (Å²) in [6.45, 7) is 0.568. The fraction of sp³-hybridized carbons (Fsp3) is 0.364.